The van der Waals surface area contributed by atoms with Crippen LogP contribution in [0.5, 0.6) is 0 Å². The van der Waals surface area contributed by atoms with Gasteiger partial charge in [-0.2, -0.15) is 0 Å². The van der Waals surface area contributed by atoms with Crippen LogP contribution < -0.4 is 11.1 Å². The Kier molecular flexibility index (Phi) is 7.57. The quantitative estimate of drug-likeness (QED) is 0.371. The number of pyridine rings is 2. The summed E-state index contributed by atoms with van der Waals surface area (Å²) in [6.07, 6.45) is 3.16. The van der Waals surface area contributed by atoms with Crippen LogP contribution in [0.4, 0.5) is 0 Å². The van der Waals surface area contributed by atoms with E-state index in [1.54, 1.807) is 60.9 Å². The molecular formula is C24H17IN2O6. The zero-order valence-electron chi connectivity index (χ0n) is 17.0. The first-order valence-electron chi connectivity index (χ1n) is 9.51. The number of aromatic nitrogens is 2. The average Bonchev–Trinajstić information content (AvgIpc) is 2.81. The summed E-state index contributed by atoms with van der Waals surface area (Å²) in [5.74, 6) is -2.42. The Morgan fingerprint density at radius 3 is 1.67 bits per heavy atom. The van der Waals surface area contributed by atoms with Gasteiger partial charge in [-0.15, -0.1) is 0 Å². The third-order valence-electron chi connectivity index (χ3n) is 4.46. The third-order valence-corrected chi connectivity index (χ3v) is 5.05. The lowest BCUT2D eigenvalue weighted by Crippen LogP contribution is -2.25. The van der Waals surface area contributed by atoms with Gasteiger partial charge >= 0.3 is 11.9 Å². The van der Waals surface area contributed by atoms with Crippen molar-refractivity contribution in [3.8, 4) is 11.4 Å². The molecule has 0 saturated carbocycles. The van der Waals surface area contributed by atoms with Crippen molar-refractivity contribution in [2.24, 2.45) is 0 Å². The molecule has 2 aromatic carbocycles. The number of hydrogen-bond donors (Lipinski definition) is 2. The molecule has 0 bridgehead atoms. The lowest BCUT2D eigenvalue weighted by atomic mass is 10.2. The number of benzene rings is 2. The first-order chi connectivity index (χ1) is 15.8. The van der Waals surface area contributed by atoms with Gasteiger partial charge < -0.3 is 10.2 Å². The van der Waals surface area contributed by atoms with Gasteiger partial charge in [-0.3, -0.25) is 18.7 Å². The van der Waals surface area contributed by atoms with Gasteiger partial charge in [0, 0.05) is 27.3 Å². The van der Waals surface area contributed by atoms with Gasteiger partial charge in [0.25, 0.3) is 11.1 Å². The van der Waals surface area contributed by atoms with Crippen molar-refractivity contribution in [2.75, 3.05) is 0 Å². The summed E-state index contributed by atoms with van der Waals surface area (Å²) in [6.45, 7) is 0. The van der Waals surface area contributed by atoms with Crippen molar-refractivity contribution in [1.82, 2.24) is 9.13 Å². The summed E-state index contributed by atoms with van der Waals surface area (Å²) in [4.78, 5) is 45.5. The van der Waals surface area contributed by atoms with Gasteiger partial charge in [-0.25, -0.2) is 9.59 Å². The minimum absolute atomic E-state index is 0.222. The molecule has 166 valence electrons. The van der Waals surface area contributed by atoms with Crippen LogP contribution in [0.1, 0.15) is 20.7 Å². The van der Waals surface area contributed by atoms with Crippen LogP contribution in [0.3, 0.4) is 0 Å². The topological polar surface area (TPSA) is 119 Å². The molecule has 0 fully saturated rings. The van der Waals surface area contributed by atoms with Gasteiger partial charge in [0.05, 0.1) is 0 Å². The van der Waals surface area contributed by atoms with E-state index < -0.39 is 23.1 Å². The molecule has 2 N–H and O–H groups in total. The maximum Gasteiger partial charge on any atom is 0.341 e. The van der Waals surface area contributed by atoms with E-state index in [9.17, 15) is 19.2 Å². The zero-order valence-corrected chi connectivity index (χ0v) is 19.1. The molecule has 0 atom stereocenters. The zero-order chi connectivity index (χ0) is 24.0. The molecular weight excluding hydrogens is 539 g/mol. The second kappa shape index (κ2) is 10.6. The molecule has 2 heterocycles. The minimum atomic E-state index is -1.21. The van der Waals surface area contributed by atoms with Gasteiger partial charge in [-0.1, -0.05) is 36.4 Å². The predicted octanol–water partition coefficient (Wildman–Crippen LogP) is 3.68. The Labute approximate surface area is 201 Å². The highest BCUT2D eigenvalue weighted by Crippen LogP contribution is 2.10. The molecule has 0 radical (unpaired) electrons. The monoisotopic (exact) mass is 556 g/mol. The number of nitrogens with zero attached hydrogens (tertiary/aromatic N) is 2. The second-order valence-corrected chi connectivity index (χ2v) is 7.87. The molecule has 4 aromatic rings. The van der Waals surface area contributed by atoms with Crippen LogP contribution in [0.25, 0.3) is 11.4 Å². The van der Waals surface area contributed by atoms with Crippen LogP contribution in [-0.4, -0.2) is 31.3 Å². The molecule has 9 heteroatoms. The molecule has 2 aromatic heterocycles. The standard InChI is InChI=1S/C12H8INO3.C12H9NO3/c13-8-6-10(12(16)17)11(15)14(7-8)9-4-2-1-3-5-9;14-11-10(12(15)16)7-4-8-13(11)9-5-2-1-3-6-9/h1-7H,(H,16,17);1-8H,(H,15,16). The largest absolute Gasteiger partial charge is 0.477 e. The number of halogens is 1. The first-order valence-corrected chi connectivity index (χ1v) is 10.6. The van der Waals surface area contributed by atoms with E-state index in [1.165, 1.54) is 27.3 Å². The summed E-state index contributed by atoms with van der Waals surface area (Å²) >= 11 is 1.98. The molecule has 33 heavy (non-hydrogen) atoms. The van der Waals surface area contributed by atoms with Crippen molar-refractivity contribution in [1.29, 1.82) is 0 Å². The van der Waals surface area contributed by atoms with E-state index in [-0.39, 0.29) is 11.1 Å². The number of rotatable bonds is 4. The molecule has 0 aliphatic rings. The number of carbonyl (C=O) groups is 2. The Morgan fingerprint density at radius 2 is 1.15 bits per heavy atom. The number of aromatic carboxylic acids is 2. The maximum absolute atomic E-state index is 11.9. The van der Waals surface area contributed by atoms with Crippen molar-refractivity contribution in [2.45, 2.75) is 0 Å². The molecule has 0 unspecified atom stereocenters. The van der Waals surface area contributed by atoms with E-state index in [0.717, 1.165) is 0 Å². The number of carboxylic acids is 2. The van der Waals surface area contributed by atoms with Crippen molar-refractivity contribution >= 4 is 34.5 Å². The molecule has 0 aliphatic carbocycles. The van der Waals surface area contributed by atoms with E-state index in [4.69, 9.17) is 10.2 Å². The molecule has 8 nitrogen and oxygen atoms in total. The summed E-state index contributed by atoms with van der Waals surface area (Å²) in [7, 11) is 0. The van der Waals surface area contributed by atoms with Crippen LogP contribution in [0, 0.1) is 3.57 Å². The van der Waals surface area contributed by atoms with Crippen molar-refractivity contribution < 1.29 is 19.8 Å². The highest BCUT2D eigenvalue weighted by molar-refractivity contribution is 14.1. The van der Waals surface area contributed by atoms with E-state index >= 15 is 0 Å². The lowest BCUT2D eigenvalue weighted by molar-refractivity contribution is 0.0683. The fourth-order valence-electron chi connectivity index (χ4n) is 2.93. The average molecular weight is 556 g/mol. The third kappa shape index (κ3) is 5.63. The molecule has 0 aliphatic heterocycles. The fraction of sp³-hybridized carbons (Fsp3) is 0. The van der Waals surface area contributed by atoms with E-state index in [2.05, 4.69) is 0 Å². The van der Waals surface area contributed by atoms with E-state index in [0.29, 0.717) is 14.9 Å². The highest BCUT2D eigenvalue weighted by Gasteiger charge is 2.13. The van der Waals surface area contributed by atoms with Crippen molar-refractivity contribution in [3.05, 3.63) is 127 Å². The lowest BCUT2D eigenvalue weighted by Gasteiger charge is -2.07. The Hall–Kier alpha value is -3.99. The first kappa shape index (κ1) is 23.7. The summed E-state index contributed by atoms with van der Waals surface area (Å²) in [5, 5.41) is 17.8. The highest BCUT2D eigenvalue weighted by atomic mass is 127. The number of carboxylic acid groups (broad SMARTS) is 2. The number of para-hydroxylation sites is 2. The SMILES string of the molecule is O=C(O)c1cc(I)cn(-c2ccccc2)c1=O.O=C(O)c1cccn(-c2ccccc2)c1=O. The minimum Gasteiger partial charge on any atom is -0.477 e. The molecule has 0 spiro atoms. The molecule has 4 rings (SSSR count). The summed E-state index contributed by atoms with van der Waals surface area (Å²) in [5.41, 5.74) is -0.202. The van der Waals surface area contributed by atoms with Crippen LogP contribution in [0.2, 0.25) is 0 Å². The van der Waals surface area contributed by atoms with Crippen LogP contribution in [0.15, 0.2) is 101 Å². The maximum atomic E-state index is 11.9. The second-order valence-electron chi connectivity index (χ2n) is 6.63. The molecule has 0 saturated heterocycles. The Morgan fingerprint density at radius 1 is 0.667 bits per heavy atom. The van der Waals surface area contributed by atoms with Gasteiger partial charge in [0.2, 0.25) is 0 Å². The predicted molar refractivity (Wildman–Crippen MR) is 131 cm³/mol. The summed E-state index contributed by atoms with van der Waals surface area (Å²) in [6, 6.07) is 22.0. The number of hydrogen-bond acceptors (Lipinski definition) is 4. The van der Waals surface area contributed by atoms with Gasteiger partial charge in [0.1, 0.15) is 11.1 Å². The van der Waals surface area contributed by atoms with Gasteiger partial charge in [0.15, 0.2) is 0 Å². The van der Waals surface area contributed by atoms with Crippen LogP contribution >= 0.6 is 22.6 Å². The smallest absolute Gasteiger partial charge is 0.341 e. The van der Waals surface area contributed by atoms with Crippen molar-refractivity contribution in [3.63, 3.8) is 0 Å². The molecule has 0 amide bonds. The Bertz CT molecular complexity index is 1410. The summed E-state index contributed by atoms with van der Waals surface area (Å²) < 4.78 is 3.35. The normalized spacial score (nSPS) is 10.1. The Balaban J connectivity index is 0.000000186. The fourth-order valence-corrected chi connectivity index (χ4v) is 3.52. The van der Waals surface area contributed by atoms with E-state index in [1.807, 2.05) is 34.7 Å². The van der Waals surface area contributed by atoms with Crippen LogP contribution in [-0.2, 0) is 0 Å². The van der Waals surface area contributed by atoms with Gasteiger partial charge in [-0.05, 0) is 65.1 Å².